The van der Waals surface area contributed by atoms with E-state index in [0.29, 0.717) is 6.42 Å². The SMILES string of the molecule is CC/C=C(\NC(=O)C(CC)CCCC)C(=O)OC. The first kappa shape index (κ1) is 16.7. The van der Waals surface area contributed by atoms with Crippen LogP contribution >= 0.6 is 0 Å². The first-order valence-electron chi connectivity index (χ1n) is 6.69. The molecule has 1 unspecified atom stereocenters. The zero-order valence-corrected chi connectivity index (χ0v) is 11.9. The van der Waals surface area contributed by atoms with Gasteiger partial charge in [0, 0.05) is 5.92 Å². The van der Waals surface area contributed by atoms with Crippen molar-refractivity contribution in [2.24, 2.45) is 5.92 Å². The number of nitrogens with one attached hydrogen (secondary N) is 1. The number of carbonyl (C=O) groups excluding carboxylic acids is 2. The summed E-state index contributed by atoms with van der Waals surface area (Å²) in [6, 6.07) is 0. The number of hydrogen-bond acceptors (Lipinski definition) is 3. The largest absolute Gasteiger partial charge is 0.464 e. The molecule has 0 aliphatic carbocycles. The highest BCUT2D eigenvalue weighted by Gasteiger charge is 2.19. The summed E-state index contributed by atoms with van der Waals surface area (Å²) < 4.78 is 4.64. The normalized spacial score (nSPS) is 13.0. The van der Waals surface area contributed by atoms with Crippen LogP contribution in [0.2, 0.25) is 0 Å². The van der Waals surface area contributed by atoms with Gasteiger partial charge in [-0.15, -0.1) is 0 Å². The van der Waals surface area contributed by atoms with Crippen molar-refractivity contribution in [1.29, 1.82) is 0 Å². The van der Waals surface area contributed by atoms with Gasteiger partial charge in [0.25, 0.3) is 0 Å². The van der Waals surface area contributed by atoms with Gasteiger partial charge in [-0.25, -0.2) is 4.79 Å². The minimum Gasteiger partial charge on any atom is -0.464 e. The maximum Gasteiger partial charge on any atom is 0.354 e. The molecule has 0 aliphatic heterocycles. The fourth-order valence-corrected chi connectivity index (χ4v) is 1.71. The second-order valence-electron chi connectivity index (χ2n) is 4.25. The molecule has 0 aromatic rings. The minimum atomic E-state index is -0.490. The lowest BCUT2D eigenvalue weighted by Gasteiger charge is -2.15. The van der Waals surface area contributed by atoms with Crippen LogP contribution in [0.15, 0.2) is 11.8 Å². The number of carbonyl (C=O) groups is 2. The number of amides is 1. The predicted octanol–water partition coefficient (Wildman–Crippen LogP) is 2.79. The summed E-state index contributed by atoms with van der Waals surface area (Å²) in [5.74, 6) is -0.610. The molecule has 18 heavy (non-hydrogen) atoms. The molecule has 0 fully saturated rings. The lowest BCUT2D eigenvalue weighted by molar-refractivity contribution is -0.138. The Morgan fingerprint density at radius 1 is 1.28 bits per heavy atom. The van der Waals surface area contributed by atoms with Crippen LogP contribution in [0.25, 0.3) is 0 Å². The van der Waals surface area contributed by atoms with E-state index in [4.69, 9.17) is 0 Å². The highest BCUT2D eigenvalue weighted by atomic mass is 16.5. The lowest BCUT2D eigenvalue weighted by atomic mass is 9.98. The number of unbranched alkanes of at least 4 members (excludes halogenated alkanes) is 1. The third-order valence-electron chi connectivity index (χ3n) is 2.84. The highest BCUT2D eigenvalue weighted by Crippen LogP contribution is 2.13. The Kier molecular flexibility index (Phi) is 8.97. The van der Waals surface area contributed by atoms with Gasteiger partial charge in [-0.1, -0.05) is 39.7 Å². The molecule has 4 heteroatoms. The van der Waals surface area contributed by atoms with Crippen LogP contribution in [0, 0.1) is 5.92 Å². The summed E-state index contributed by atoms with van der Waals surface area (Å²) in [7, 11) is 1.31. The van der Waals surface area contributed by atoms with Gasteiger partial charge in [0.2, 0.25) is 5.91 Å². The molecule has 0 saturated heterocycles. The second-order valence-corrected chi connectivity index (χ2v) is 4.25. The molecule has 0 rings (SSSR count). The van der Waals surface area contributed by atoms with E-state index in [0.717, 1.165) is 25.7 Å². The van der Waals surface area contributed by atoms with Crippen LogP contribution < -0.4 is 5.32 Å². The quantitative estimate of drug-likeness (QED) is 0.536. The van der Waals surface area contributed by atoms with Gasteiger partial charge < -0.3 is 10.1 Å². The van der Waals surface area contributed by atoms with Crippen LogP contribution in [-0.2, 0) is 14.3 Å². The summed E-state index contributed by atoms with van der Waals surface area (Å²) >= 11 is 0. The number of rotatable bonds is 8. The van der Waals surface area contributed by atoms with Crippen molar-refractivity contribution in [1.82, 2.24) is 5.32 Å². The topological polar surface area (TPSA) is 55.4 Å². The molecule has 0 radical (unpaired) electrons. The predicted molar refractivity (Wildman–Crippen MR) is 71.8 cm³/mol. The van der Waals surface area contributed by atoms with Gasteiger partial charge in [0.05, 0.1) is 7.11 Å². The van der Waals surface area contributed by atoms with Crippen LogP contribution in [0.1, 0.15) is 52.9 Å². The van der Waals surface area contributed by atoms with E-state index >= 15 is 0 Å². The minimum absolute atomic E-state index is 0.0325. The molecule has 0 spiro atoms. The third-order valence-corrected chi connectivity index (χ3v) is 2.84. The molecule has 0 bridgehead atoms. The zero-order chi connectivity index (χ0) is 14.0. The number of methoxy groups -OCH3 is 1. The molecule has 0 saturated carbocycles. The average Bonchev–Trinajstić information content (AvgIpc) is 2.38. The first-order valence-corrected chi connectivity index (χ1v) is 6.69. The Labute approximate surface area is 110 Å². The number of hydrogen-bond donors (Lipinski definition) is 1. The van der Waals surface area contributed by atoms with Crippen molar-refractivity contribution in [3.63, 3.8) is 0 Å². The van der Waals surface area contributed by atoms with Gasteiger partial charge in [-0.2, -0.15) is 0 Å². The van der Waals surface area contributed by atoms with E-state index in [2.05, 4.69) is 17.0 Å². The smallest absolute Gasteiger partial charge is 0.354 e. The highest BCUT2D eigenvalue weighted by molar-refractivity contribution is 5.94. The summed E-state index contributed by atoms with van der Waals surface area (Å²) in [5, 5.41) is 2.68. The molecule has 104 valence electrons. The van der Waals surface area contributed by atoms with Crippen LogP contribution in [0.5, 0.6) is 0 Å². The molecular weight excluding hydrogens is 230 g/mol. The summed E-state index contributed by atoms with van der Waals surface area (Å²) in [5.41, 5.74) is 0.250. The summed E-state index contributed by atoms with van der Waals surface area (Å²) in [6.07, 6.45) is 6.09. The Hall–Kier alpha value is -1.32. The first-order chi connectivity index (χ1) is 8.60. The molecule has 1 amide bonds. The number of allylic oxidation sites excluding steroid dienone is 1. The number of ether oxygens (including phenoxy) is 1. The second kappa shape index (κ2) is 9.68. The zero-order valence-electron chi connectivity index (χ0n) is 11.9. The fourth-order valence-electron chi connectivity index (χ4n) is 1.71. The van der Waals surface area contributed by atoms with Crippen molar-refractivity contribution in [2.75, 3.05) is 7.11 Å². The maximum atomic E-state index is 12.0. The van der Waals surface area contributed by atoms with Crippen molar-refractivity contribution >= 4 is 11.9 Å². The average molecular weight is 255 g/mol. The van der Waals surface area contributed by atoms with Gasteiger partial charge in [-0.05, 0) is 19.3 Å². The molecule has 1 atom stereocenters. The van der Waals surface area contributed by atoms with Crippen LogP contribution in [0.4, 0.5) is 0 Å². The summed E-state index contributed by atoms with van der Waals surface area (Å²) in [6.45, 7) is 5.99. The Morgan fingerprint density at radius 2 is 1.94 bits per heavy atom. The van der Waals surface area contributed by atoms with E-state index in [-0.39, 0.29) is 17.5 Å². The molecule has 0 aromatic heterocycles. The Balaban J connectivity index is 4.57. The summed E-state index contributed by atoms with van der Waals surface area (Å²) in [4.78, 5) is 23.5. The van der Waals surface area contributed by atoms with Gasteiger partial charge in [0.1, 0.15) is 5.70 Å². The van der Waals surface area contributed by atoms with Crippen LogP contribution in [0.3, 0.4) is 0 Å². The van der Waals surface area contributed by atoms with Crippen molar-refractivity contribution in [2.45, 2.75) is 52.9 Å². The Bertz CT molecular complexity index is 297. The Morgan fingerprint density at radius 3 is 2.39 bits per heavy atom. The molecule has 0 aromatic carbocycles. The van der Waals surface area contributed by atoms with E-state index < -0.39 is 5.97 Å². The molecule has 0 heterocycles. The van der Waals surface area contributed by atoms with Gasteiger partial charge in [0.15, 0.2) is 0 Å². The molecule has 1 N–H and O–H groups in total. The van der Waals surface area contributed by atoms with Crippen molar-refractivity contribution in [3.8, 4) is 0 Å². The molecular formula is C14H25NO3. The third kappa shape index (κ3) is 5.84. The van der Waals surface area contributed by atoms with Gasteiger partial charge in [-0.3, -0.25) is 4.79 Å². The fraction of sp³-hybridized carbons (Fsp3) is 0.714. The van der Waals surface area contributed by atoms with Crippen molar-refractivity contribution < 1.29 is 14.3 Å². The van der Waals surface area contributed by atoms with Crippen molar-refractivity contribution in [3.05, 3.63) is 11.8 Å². The standard InChI is InChI=1S/C14H25NO3/c1-5-8-10-11(7-3)13(16)15-12(9-6-2)14(17)18-4/h9,11H,5-8,10H2,1-4H3,(H,15,16)/b12-9-. The van der Waals surface area contributed by atoms with Crippen LogP contribution in [-0.4, -0.2) is 19.0 Å². The lowest BCUT2D eigenvalue weighted by Crippen LogP contribution is -2.33. The monoisotopic (exact) mass is 255 g/mol. The molecule has 0 aliphatic rings. The number of esters is 1. The van der Waals surface area contributed by atoms with E-state index in [9.17, 15) is 9.59 Å². The van der Waals surface area contributed by atoms with E-state index in [1.54, 1.807) is 6.08 Å². The van der Waals surface area contributed by atoms with E-state index in [1.165, 1.54) is 7.11 Å². The molecule has 4 nitrogen and oxygen atoms in total. The maximum absolute atomic E-state index is 12.0. The van der Waals surface area contributed by atoms with Gasteiger partial charge >= 0.3 is 5.97 Å². The van der Waals surface area contributed by atoms with E-state index in [1.807, 2.05) is 13.8 Å².